The van der Waals surface area contributed by atoms with Crippen molar-refractivity contribution in [3.05, 3.63) is 58.4 Å². The van der Waals surface area contributed by atoms with Gasteiger partial charge in [0.2, 0.25) is 0 Å². The second-order valence-electron chi connectivity index (χ2n) is 6.43. The van der Waals surface area contributed by atoms with Crippen molar-refractivity contribution < 1.29 is 48.3 Å². The number of benzene rings is 2. The highest BCUT2D eigenvalue weighted by molar-refractivity contribution is 6.22. The molecule has 0 radical (unpaired) electrons. The topological polar surface area (TPSA) is 30.2 Å². The van der Waals surface area contributed by atoms with E-state index < -0.39 is 51.2 Å². The minimum atomic E-state index is -7.36. The Labute approximate surface area is 170 Å². The van der Waals surface area contributed by atoms with Gasteiger partial charge in [0.05, 0.1) is 5.39 Å². The number of rotatable bonds is 5. The van der Waals surface area contributed by atoms with Crippen LogP contribution in [-0.2, 0) is 5.92 Å². The van der Waals surface area contributed by atoms with Gasteiger partial charge in [0.1, 0.15) is 5.58 Å². The van der Waals surface area contributed by atoms with Crippen LogP contribution in [0.25, 0.3) is 21.7 Å². The summed E-state index contributed by atoms with van der Waals surface area (Å²) in [5.41, 5.74) is -2.12. The Morgan fingerprint density at radius 3 is 1.87 bits per heavy atom. The zero-order chi connectivity index (χ0) is 23.6. The number of fused-ring (bicyclic) bond motifs is 3. The van der Waals surface area contributed by atoms with Crippen LogP contribution in [0, 0.1) is 0 Å². The molecule has 0 aliphatic rings. The normalized spacial score (nSPS) is 14.4. The van der Waals surface area contributed by atoms with Gasteiger partial charge in [-0.2, -0.15) is 43.9 Å². The molecule has 0 unspecified atom stereocenters. The van der Waals surface area contributed by atoms with Crippen molar-refractivity contribution in [3.8, 4) is 0 Å². The van der Waals surface area contributed by atoms with Crippen molar-refractivity contribution in [3.63, 3.8) is 0 Å². The molecule has 1 heterocycles. The molecule has 0 amide bonds. The van der Waals surface area contributed by atoms with E-state index in [1.165, 1.54) is 30.3 Å². The molecule has 13 heteroatoms. The fraction of sp³-hybridized carbons (Fsp3) is 0.278. The molecule has 1 aromatic heterocycles. The van der Waals surface area contributed by atoms with Crippen LogP contribution in [0.4, 0.5) is 43.9 Å². The highest BCUT2D eigenvalue weighted by atomic mass is 35.5. The van der Waals surface area contributed by atoms with Crippen molar-refractivity contribution >= 4 is 33.3 Å². The summed E-state index contributed by atoms with van der Waals surface area (Å²) in [5.74, 6) is -30.4. The molecule has 168 valence electrons. The molecule has 0 saturated carbocycles. The van der Waals surface area contributed by atoms with E-state index in [0.717, 1.165) is 6.07 Å². The first kappa shape index (κ1) is 23.2. The third-order valence-corrected chi connectivity index (χ3v) is 4.71. The van der Waals surface area contributed by atoms with Crippen molar-refractivity contribution in [2.75, 3.05) is 0 Å². The summed E-state index contributed by atoms with van der Waals surface area (Å²) in [6.45, 7) is 0. The Balaban J connectivity index is 2.28. The fourth-order valence-corrected chi connectivity index (χ4v) is 2.88. The van der Waals surface area contributed by atoms with Crippen LogP contribution in [0.1, 0.15) is 5.76 Å². The zero-order valence-electron chi connectivity index (χ0n) is 14.5. The van der Waals surface area contributed by atoms with Gasteiger partial charge in [-0.25, -0.2) is 0 Å². The quantitative estimate of drug-likeness (QED) is 0.229. The molecule has 2 nitrogen and oxygen atoms in total. The van der Waals surface area contributed by atoms with Gasteiger partial charge in [-0.15, -0.1) is 0 Å². The summed E-state index contributed by atoms with van der Waals surface area (Å²) in [7, 11) is 0. The summed E-state index contributed by atoms with van der Waals surface area (Å²) in [6, 6.07) is 7.56. The minimum Gasteiger partial charge on any atom is -0.453 e. The van der Waals surface area contributed by atoms with Crippen LogP contribution in [0.5, 0.6) is 0 Å². The van der Waals surface area contributed by atoms with Crippen molar-refractivity contribution in [2.24, 2.45) is 0 Å². The third-order valence-electron chi connectivity index (χ3n) is 4.47. The van der Waals surface area contributed by atoms with E-state index in [9.17, 15) is 48.7 Å². The minimum absolute atomic E-state index is 0.0672. The predicted molar refractivity (Wildman–Crippen MR) is 89.5 cm³/mol. The smallest absolute Gasteiger partial charge is 0.393 e. The third kappa shape index (κ3) is 3.14. The molecule has 0 atom stereocenters. The second kappa shape index (κ2) is 6.75. The fourth-order valence-electron chi connectivity index (χ4n) is 2.77. The Bertz CT molecular complexity index is 1210. The van der Waals surface area contributed by atoms with E-state index in [1.807, 2.05) is 0 Å². The molecule has 0 spiro atoms. The first-order chi connectivity index (χ1) is 14.0. The SMILES string of the molecule is O=c1cc(C(F)(F)C(F)(F)C(F)(F)C(F)(F)C(F)(F)Cl)oc2c1ccc1ccccc12. The monoisotopic (exact) mass is 480 g/mol. The van der Waals surface area contributed by atoms with E-state index in [4.69, 9.17) is 0 Å². The van der Waals surface area contributed by atoms with Crippen LogP contribution in [-0.4, -0.2) is 23.1 Å². The summed E-state index contributed by atoms with van der Waals surface area (Å²) < 4.78 is 140. The zero-order valence-corrected chi connectivity index (χ0v) is 15.3. The molecule has 3 aromatic rings. The molecule has 0 fully saturated rings. The maximum absolute atomic E-state index is 14.4. The Kier molecular flexibility index (Phi) is 5.04. The molecular formula is C18H7ClF10O2. The maximum Gasteiger partial charge on any atom is 0.393 e. The van der Waals surface area contributed by atoms with Gasteiger partial charge in [0, 0.05) is 11.5 Å². The largest absolute Gasteiger partial charge is 0.453 e. The van der Waals surface area contributed by atoms with Crippen LogP contribution < -0.4 is 5.43 Å². The van der Waals surface area contributed by atoms with E-state index in [-0.39, 0.29) is 16.8 Å². The van der Waals surface area contributed by atoms with Gasteiger partial charge in [-0.3, -0.25) is 4.79 Å². The van der Waals surface area contributed by atoms with E-state index in [1.54, 1.807) is 0 Å². The second-order valence-corrected chi connectivity index (χ2v) is 6.91. The molecule has 0 saturated heterocycles. The van der Waals surface area contributed by atoms with E-state index in [0.29, 0.717) is 0 Å². The van der Waals surface area contributed by atoms with Crippen LogP contribution in [0.3, 0.4) is 0 Å². The van der Waals surface area contributed by atoms with Crippen molar-refractivity contribution in [2.45, 2.75) is 29.1 Å². The lowest BCUT2D eigenvalue weighted by molar-refractivity contribution is -0.395. The highest BCUT2D eigenvalue weighted by Crippen LogP contribution is 2.60. The van der Waals surface area contributed by atoms with Crippen LogP contribution in [0.15, 0.2) is 51.7 Å². The van der Waals surface area contributed by atoms with Gasteiger partial charge in [0.15, 0.2) is 11.2 Å². The van der Waals surface area contributed by atoms with Gasteiger partial charge >= 0.3 is 29.1 Å². The standard InChI is InChI=1S/C18H7ClF10O2/c19-18(28,29)17(26,27)16(24,25)15(22,23)14(20,21)12-7-11(30)10-6-5-8-3-1-2-4-9(8)13(10)31-12/h1-7H. The molecule has 0 aliphatic heterocycles. The Morgan fingerprint density at radius 1 is 0.710 bits per heavy atom. The lowest BCUT2D eigenvalue weighted by Crippen LogP contribution is -2.65. The molecule has 31 heavy (non-hydrogen) atoms. The first-order valence-electron chi connectivity index (χ1n) is 8.01. The first-order valence-corrected chi connectivity index (χ1v) is 8.38. The molecule has 0 N–H and O–H groups in total. The molecule has 2 aromatic carbocycles. The van der Waals surface area contributed by atoms with Gasteiger partial charge in [0.25, 0.3) is 0 Å². The summed E-state index contributed by atoms with van der Waals surface area (Å²) >= 11 is 3.77. The van der Waals surface area contributed by atoms with Gasteiger partial charge in [-0.05, 0) is 23.1 Å². The summed E-state index contributed by atoms with van der Waals surface area (Å²) in [5, 5.41) is -6.52. The van der Waals surface area contributed by atoms with Crippen LogP contribution in [0.2, 0.25) is 0 Å². The maximum atomic E-state index is 14.4. The summed E-state index contributed by atoms with van der Waals surface area (Å²) in [6.07, 6.45) is 0. The average molecular weight is 481 g/mol. The van der Waals surface area contributed by atoms with Crippen molar-refractivity contribution in [1.29, 1.82) is 0 Å². The summed E-state index contributed by atoms with van der Waals surface area (Å²) in [4.78, 5) is 12.1. The lowest BCUT2D eigenvalue weighted by atomic mass is 9.96. The van der Waals surface area contributed by atoms with Gasteiger partial charge in [-0.1, -0.05) is 30.3 Å². The number of halogens is 11. The van der Waals surface area contributed by atoms with E-state index in [2.05, 4.69) is 16.0 Å². The number of hydrogen-bond acceptors (Lipinski definition) is 2. The lowest BCUT2D eigenvalue weighted by Gasteiger charge is -2.37. The molecule has 0 aliphatic carbocycles. The van der Waals surface area contributed by atoms with Gasteiger partial charge < -0.3 is 4.42 Å². The van der Waals surface area contributed by atoms with Crippen LogP contribution >= 0.6 is 11.6 Å². The number of hydrogen-bond donors (Lipinski definition) is 0. The Hall–Kier alpha value is -2.50. The van der Waals surface area contributed by atoms with E-state index >= 15 is 0 Å². The molecule has 3 rings (SSSR count). The molecule has 0 bridgehead atoms. The highest BCUT2D eigenvalue weighted by Gasteiger charge is 2.87. The predicted octanol–water partition coefficient (Wildman–Crippen LogP) is 6.78. The van der Waals surface area contributed by atoms with Crippen molar-refractivity contribution in [1.82, 2.24) is 0 Å². The number of alkyl halides is 11. The average Bonchev–Trinajstić information content (AvgIpc) is 2.66. The Morgan fingerprint density at radius 2 is 1.29 bits per heavy atom. The molecular weight excluding hydrogens is 474 g/mol.